The van der Waals surface area contributed by atoms with Crippen molar-refractivity contribution in [2.75, 3.05) is 25.0 Å². The van der Waals surface area contributed by atoms with Gasteiger partial charge in [0.2, 0.25) is 5.91 Å². The van der Waals surface area contributed by atoms with Crippen molar-refractivity contribution in [3.05, 3.63) is 29.3 Å². The summed E-state index contributed by atoms with van der Waals surface area (Å²) < 4.78 is 5.42. The van der Waals surface area contributed by atoms with E-state index in [-0.39, 0.29) is 18.2 Å². The number of nitrogens with one attached hydrogen (secondary N) is 1. The third-order valence-electron chi connectivity index (χ3n) is 3.81. The molecule has 114 valence electrons. The molecule has 1 unspecified atom stereocenters. The lowest BCUT2D eigenvalue weighted by molar-refractivity contribution is -0.154. The Morgan fingerprint density at radius 1 is 1.38 bits per heavy atom. The van der Waals surface area contributed by atoms with Gasteiger partial charge in [-0.2, -0.15) is 0 Å². The Morgan fingerprint density at radius 3 is 2.81 bits per heavy atom. The maximum atomic E-state index is 12.1. The molecular weight excluding hydrogens is 268 g/mol. The number of likely N-dealkylation sites (N-methyl/N-ethyl adjacent to an activating group) is 1. The number of hydrogen-bond acceptors (Lipinski definition) is 3. The van der Waals surface area contributed by atoms with Crippen LogP contribution in [0.5, 0.6) is 0 Å². The molecule has 0 radical (unpaired) electrons. The van der Waals surface area contributed by atoms with Crippen LogP contribution >= 0.6 is 0 Å². The van der Waals surface area contributed by atoms with E-state index < -0.39 is 6.10 Å². The number of morpholine rings is 1. The molecule has 1 aromatic rings. The number of benzene rings is 1. The number of carbonyl (C=O) groups excluding carboxylic acids is 2. The molecule has 0 saturated carbocycles. The lowest BCUT2D eigenvalue weighted by Gasteiger charge is -2.31. The molecule has 0 bridgehead atoms. The fourth-order valence-corrected chi connectivity index (χ4v) is 2.35. The molecule has 2 amide bonds. The maximum Gasteiger partial charge on any atom is 0.252 e. The van der Waals surface area contributed by atoms with Crippen LogP contribution in [0.3, 0.4) is 0 Å². The smallest absolute Gasteiger partial charge is 0.252 e. The van der Waals surface area contributed by atoms with E-state index >= 15 is 0 Å². The van der Waals surface area contributed by atoms with Crippen LogP contribution in [-0.2, 0) is 14.3 Å². The molecule has 1 fully saturated rings. The number of carbonyl (C=O) groups is 2. The summed E-state index contributed by atoms with van der Waals surface area (Å²) in [7, 11) is 0. The van der Waals surface area contributed by atoms with Gasteiger partial charge >= 0.3 is 0 Å². The average Bonchev–Trinajstić information content (AvgIpc) is 2.45. The third-order valence-corrected chi connectivity index (χ3v) is 3.81. The molecular formula is C16H22N2O3. The summed E-state index contributed by atoms with van der Waals surface area (Å²) in [4.78, 5) is 25.8. The number of nitrogens with zero attached hydrogens (tertiary/aromatic N) is 1. The zero-order chi connectivity index (χ0) is 15.4. The minimum atomic E-state index is -0.662. The third kappa shape index (κ3) is 3.82. The van der Waals surface area contributed by atoms with Crippen molar-refractivity contribution in [1.82, 2.24) is 4.90 Å². The molecule has 1 saturated heterocycles. The summed E-state index contributed by atoms with van der Waals surface area (Å²) in [6.07, 6.45) is -0.604. The monoisotopic (exact) mass is 290 g/mol. The van der Waals surface area contributed by atoms with Crippen molar-refractivity contribution in [3.8, 4) is 0 Å². The van der Waals surface area contributed by atoms with Crippen LogP contribution in [0.25, 0.3) is 0 Å². The van der Waals surface area contributed by atoms with Crippen LogP contribution in [-0.4, -0.2) is 42.5 Å². The van der Waals surface area contributed by atoms with E-state index in [0.29, 0.717) is 19.7 Å². The van der Waals surface area contributed by atoms with Crippen LogP contribution in [0.1, 0.15) is 24.5 Å². The van der Waals surface area contributed by atoms with Crippen LogP contribution in [0, 0.1) is 13.8 Å². The SMILES string of the molecule is CCN1CCOC(CC(=O)Nc2ccc(C)c(C)c2)C1=O. The largest absolute Gasteiger partial charge is 0.366 e. The second-order valence-electron chi connectivity index (χ2n) is 5.33. The highest BCUT2D eigenvalue weighted by molar-refractivity contribution is 5.95. The van der Waals surface area contributed by atoms with Gasteiger partial charge in [-0.05, 0) is 44.0 Å². The first kappa shape index (κ1) is 15.5. The first-order chi connectivity index (χ1) is 10.0. The number of hydrogen-bond donors (Lipinski definition) is 1. The Labute approximate surface area is 125 Å². The highest BCUT2D eigenvalue weighted by Gasteiger charge is 2.30. The molecule has 5 heteroatoms. The van der Waals surface area contributed by atoms with Crippen molar-refractivity contribution < 1.29 is 14.3 Å². The molecule has 0 aromatic heterocycles. The molecule has 2 rings (SSSR count). The van der Waals surface area contributed by atoms with Gasteiger partial charge in [0, 0.05) is 18.8 Å². The molecule has 1 N–H and O–H groups in total. The lowest BCUT2D eigenvalue weighted by atomic mass is 10.1. The van der Waals surface area contributed by atoms with Crippen LogP contribution in [0.2, 0.25) is 0 Å². The van der Waals surface area contributed by atoms with Gasteiger partial charge < -0.3 is 15.0 Å². The first-order valence-electron chi connectivity index (χ1n) is 7.28. The summed E-state index contributed by atoms with van der Waals surface area (Å²) in [5, 5.41) is 2.82. The summed E-state index contributed by atoms with van der Waals surface area (Å²) in [6.45, 7) is 7.69. The Bertz CT molecular complexity index is 542. The molecule has 0 aliphatic carbocycles. The molecule has 1 aliphatic rings. The van der Waals surface area contributed by atoms with E-state index in [1.807, 2.05) is 39.0 Å². The highest BCUT2D eigenvalue weighted by Crippen LogP contribution is 2.16. The number of anilines is 1. The summed E-state index contributed by atoms with van der Waals surface area (Å²) in [5.41, 5.74) is 3.05. The molecule has 5 nitrogen and oxygen atoms in total. The Hall–Kier alpha value is -1.88. The Balaban J connectivity index is 1.95. The van der Waals surface area contributed by atoms with Gasteiger partial charge in [-0.15, -0.1) is 0 Å². The molecule has 1 aliphatic heterocycles. The fraction of sp³-hybridized carbons (Fsp3) is 0.500. The van der Waals surface area contributed by atoms with Crippen molar-refractivity contribution in [3.63, 3.8) is 0 Å². The Morgan fingerprint density at radius 2 is 2.14 bits per heavy atom. The van der Waals surface area contributed by atoms with Gasteiger partial charge in [0.15, 0.2) is 0 Å². The van der Waals surface area contributed by atoms with E-state index in [1.54, 1.807) is 4.90 Å². The first-order valence-corrected chi connectivity index (χ1v) is 7.28. The van der Waals surface area contributed by atoms with Gasteiger partial charge in [-0.3, -0.25) is 9.59 Å². The van der Waals surface area contributed by atoms with E-state index in [0.717, 1.165) is 11.3 Å². The van der Waals surface area contributed by atoms with E-state index in [9.17, 15) is 9.59 Å². The van der Waals surface area contributed by atoms with Crippen LogP contribution in [0.15, 0.2) is 18.2 Å². The van der Waals surface area contributed by atoms with E-state index in [4.69, 9.17) is 4.74 Å². The van der Waals surface area contributed by atoms with Gasteiger partial charge in [0.25, 0.3) is 5.91 Å². The molecule has 0 spiro atoms. The van der Waals surface area contributed by atoms with Crippen molar-refractivity contribution in [1.29, 1.82) is 0 Å². The molecule has 21 heavy (non-hydrogen) atoms. The lowest BCUT2D eigenvalue weighted by Crippen LogP contribution is -2.48. The molecule has 1 heterocycles. The summed E-state index contributed by atoms with van der Waals surface area (Å²) in [6, 6.07) is 5.75. The second-order valence-corrected chi connectivity index (χ2v) is 5.33. The van der Waals surface area contributed by atoms with Gasteiger partial charge in [0.1, 0.15) is 6.10 Å². The Kier molecular flexibility index (Phi) is 4.96. The van der Waals surface area contributed by atoms with Gasteiger partial charge in [0.05, 0.1) is 13.0 Å². The standard InChI is InChI=1S/C16H22N2O3/c1-4-18-7-8-21-14(16(18)20)10-15(19)17-13-6-5-11(2)12(3)9-13/h5-6,9,14H,4,7-8,10H2,1-3H3,(H,17,19). The average molecular weight is 290 g/mol. The van der Waals surface area contributed by atoms with Crippen LogP contribution in [0.4, 0.5) is 5.69 Å². The topological polar surface area (TPSA) is 58.6 Å². The van der Waals surface area contributed by atoms with Gasteiger partial charge in [-0.1, -0.05) is 6.07 Å². The number of amides is 2. The quantitative estimate of drug-likeness (QED) is 0.921. The second kappa shape index (κ2) is 6.72. The van der Waals surface area contributed by atoms with Gasteiger partial charge in [-0.25, -0.2) is 0 Å². The maximum absolute atomic E-state index is 12.1. The minimum absolute atomic E-state index is 0.0578. The minimum Gasteiger partial charge on any atom is -0.366 e. The predicted octanol–water partition coefficient (Wildman–Crippen LogP) is 1.88. The van der Waals surface area contributed by atoms with Crippen LogP contribution < -0.4 is 5.32 Å². The zero-order valence-corrected chi connectivity index (χ0v) is 12.8. The molecule has 1 atom stereocenters. The predicted molar refractivity (Wildman–Crippen MR) is 81.2 cm³/mol. The van der Waals surface area contributed by atoms with E-state index in [2.05, 4.69) is 5.32 Å². The zero-order valence-electron chi connectivity index (χ0n) is 12.8. The number of rotatable bonds is 4. The summed E-state index contributed by atoms with van der Waals surface area (Å²) in [5.74, 6) is -0.298. The normalized spacial score (nSPS) is 18.7. The summed E-state index contributed by atoms with van der Waals surface area (Å²) >= 11 is 0. The van der Waals surface area contributed by atoms with Crippen molar-refractivity contribution in [2.24, 2.45) is 0 Å². The van der Waals surface area contributed by atoms with Crippen molar-refractivity contribution >= 4 is 17.5 Å². The number of aryl methyl sites for hydroxylation is 2. The molecule has 1 aromatic carbocycles. The number of ether oxygens (including phenoxy) is 1. The highest BCUT2D eigenvalue weighted by atomic mass is 16.5. The van der Waals surface area contributed by atoms with Crippen molar-refractivity contribution in [2.45, 2.75) is 33.3 Å². The van der Waals surface area contributed by atoms with E-state index in [1.165, 1.54) is 5.56 Å². The fourth-order valence-electron chi connectivity index (χ4n) is 2.35.